The van der Waals surface area contributed by atoms with E-state index in [-0.39, 0.29) is 67.7 Å². The van der Waals surface area contributed by atoms with Crippen molar-refractivity contribution in [2.24, 2.45) is 0 Å². The van der Waals surface area contributed by atoms with Crippen LogP contribution < -0.4 is 20.7 Å². The molecular formula is C30H28F3N5O4S. The molecule has 0 bridgehead atoms. The van der Waals surface area contributed by atoms with Crippen molar-refractivity contribution in [3.05, 3.63) is 81.6 Å². The molecule has 0 saturated carbocycles. The van der Waals surface area contributed by atoms with Crippen molar-refractivity contribution in [1.82, 2.24) is 15.2 Å². The average Bonchev–Trinajstić information content (AvgIpc) is 3.34. The number of fused-ring (bicyclic) bond motifs is 2. The van der Waals surface area contributed by atoms with Crippen LogP contribution in [0.1, 0.15) is 26.5 Å². The standard InChI is InChI=1S/C30H28F3N5O4S/c1-16-7-8-19-24(34)27(43-29(19)35-16)28(39)36-18-13-20-21(31)22(32)25(23(33)26(20)41-15-18)37-9-11-38(12-10-37)30(40)42-14-17-5-3-2-4-6-17/h2-8,18H,9-15,34H2,1H3,(H,36,39)/t18-/m1/s1. The first-order valence-electron chi connectivity index (χ1n) is 13.7. The van der Waals surface area contributed by atoms with E-state index in [4.69, 9.17) is 15.2 Å². The number of nitrogens with two attached hydrogens (primary N) is 1. The number of anilines is 2. The fourth-order valence-electron chi connectivity index (χ4n) is 5.30. The molecular weight excluding hydrogens is 583 g/mol. The van der Waals surface area contributed by atoms with Crippen LogP contribution in [0.4, 0.5) is 29.3 Å². The van der Waals surface area contributed by atoms with Gasteiger partial charge in [0.15, 0.2) is 23.2 Å². The van der Waals surface area contributed by atoms with Crippen LogP contribution in [0.2, 0.25) is 0 Å². The minimum absolute atomic E-state index is 0.0656. The third-order valence-electron chi connectivity index (χ3n) is 7.56. The molecule has 0 radical (unpaired) electrons. The molecule has 2 aromatic heterocycles. The van der Waals surface area contributed by atoms with Gasteiger partial charge in [0.05, 0.1) is 11.7 Å². The fraction of sp³-hybridized carbons (Fsp3) is 0.300. The summed E-state index contributed by atoms with van der Waals surface area (Å²) in [6, 6.07) is 12.0. The first-order valence-corrected chi connectivity index (χ1v) is 14.5. The molecule has 9 nitrogen and oxygen atoms in total. The average molecular weight is 612 g/mol. The molecule has 3 N–H and O–H groups in total. The maximum absolute atomic E-state index is 15.6. The lowest BCUT2D eigenvalue weighted by Crippen LogP contribution is -2.49. The highest BCUT2D eigenvalue weighted by Gasteiger charge is 2.35. The quantitative estimate of drug-likeness (QED) is 0.312. The molecule has 43 heavy (non-hydrogen) atoms. The van der Waals surface area contributed by atoms with E-state index in [1.165, 1.54) is 9.80 Å². The number of piperazine rings is 1. The van der Waals surface area contributed by atoms with Crippen LogP contribution in [0.3, 0.4) is 0 Å². The Hall–Kier alpha value is -4.52. The van der Waals surface area contributed by atoms with Crippen LogP contribution in [-0.4, -0.2) is 60.7 Å². The number of hydrogen-bond acceptors (Lipinski definition) is 8. The minimum Gasteiger partial charge on any atom is -0.488 e. The van der Waals surface area contributed by atoms with Gasteiger partial charge in [-0.25, -0.2) is 22.9 Å². The lowest BCUT2D eigenvalue weighted by atomic mass is 9.99. The highest BCUT2D eigenvalue weighted by Crippen LogP contribution is 2.40. The van der Waals surface area contributed by atoms with Gasteiger partial charge in [-0.3, -0.25) is 4.79 Å². The van der Waals surface area contributed by atoms with Crippen molar-refractivity contribution in [3.8, 4) is 5.75 Å². The van der Waals surface area contributed by atoms with E-state index in [1.807, 2.05) is 37.3 Å². The lowest BCUT2D eigenvalue weighted by Gasteiger charge is -2.36. The zero-order chi connectivity index (χ0) is 30.2. The summed E-state index contributed by atoms with van der Waals surface area (Å²) >= 11 is 1.13. The van der Waals surface area contributed by atoms with Crippen LogP contribution in [0.5, 0.6) is 5.75 Å². The molecule has 2 aromatic carbocycles. The van der Waals surface area contributed by atoms with E-state index in [2.05, 4.69) is 10.3 Å². The Balaban J connectivity index is 1.12. The molecule has 6 rings (SSSR count). The summed E-state index contributed by atoms with van der Waals surface area (Å²) in [7, 11) is 0. The van der Waals surface area contributed by atoms with Crippen LogP contribution in [0.25, 0.3) is 10.2 Å². The van der Waals surface area contributed by atoms with Gasteiger partial charge in [-0.15, -0.1) is 11.3 Å². The second-order valence-corrected chi connectivity index (χ2v) is 11.4. The Morgan fingerprint density at radius 1 is 1.07 bits per heavy atom. The van der Waals surface area contributed by atoms with E-state index in [0.29, 0.717) is 10.2 Å². The van der Waals surface area contributed by atoms with Gasteiger partial charge in [-0.05, 0) is 24.6 Å². The molecule has 1 fully saturated rings. The number of halogens is 3. The molecule has 2 amide bonds. The van der Waals surface area contributed by atoms with Gasteiger partial charge in [0.2, 0.25) is 0 Å². The highest BCUT2D eigenvalue weighted by atomic mass is 32.1. The number of ether oxygens (including phenoxy) is 2. The number of nitrogens with zero attached hydrogens (tertiary/aromatic N) is 3. The normalized spacial score (nSPS) is 16.5. The number of benzene rings is 2. The second kappa shape index (κ2) is 11.6. The number of amides is 2. The van der Waals surface area contributed by atoms with Crippen molar-refractivity contribution in [2.75, 3.05) is 43.4 Å². The fourth-order valence-corrected chi connectivity index (χ4v) is 6.34. The second-order valence-electron chi connectivity index (χ2n) is 10.4. The van der Waals surface area contributed by atoms with Gasteiger partial charge in [-0.1, -0.05) is 30.3 Å². The molecule has 0 unspecified atom stereocenters. The summed E-state index contributed by atoms with van der Waals surface area (Å²) in [5.41, 5.74) is 7.23. The largest absolute Gasteiger partial charge is 0.488 e. The number of hydrogen-bond donors (Lipinski definition) is 2. The first-order chi connectivity index (χ1) is 20.7. The minimum atomic E-state index is -1.35. The van der Waals surface area contributed by atoms with E-state index < -0.39 is 41.2 Å². The van der Waals surface area contributed by atoms with Gasteiger partial charge in [0.25, 0.3) is 5.91 Å². The van der Waals surface area contributed by atoms with E-state index in [1.54, 1.807) is 12.1 Å². The van der Waals surface area contributed by atoms with Gasteiger partial charge >= 0.3 is 6.09 Å². The summed E-state index contributed by atoms with van der Waals surface area (Å²) in [6.45, 7) is 2.18. The molecule has 224 valence electrons. The zero-order valence-corrected chi connectivity index (χ0v) is 24.0. The van der Waals surface area contributed by atoms with Crippen molar-refractivity contribution >= 4 is 44.9 Å². The number of nitrogen functional groups attached to an aromatic ring is 1. The number of aromatic nitrogens is 1. The van der Waals surface area contributed by atoms with Crippen LogP contribution >= 0.6 is 11.3 Å². The lowest BCUT2D eigenvalue weighted by molar-refractivity contribution is 0.0917. The maximum Gasteiger partial charge on any atom is 0.410 e. The topological polar surface area (TPSA) is 110 Å². The van der Waals surface area contributed by atoms with Gasteiger partial charge in [-0.2, -0.15) is 0 Å². The highest BCUT2D eigenvalue weighted by molar-refractivity contribution is 7.21. The molecule has 13 heteroatoms. The molecule has 4 heterocycles. The first kappa shape index (κ1) is 28.6. The third-order valence-corrected chi connectivity index (χ3v) is 8.67. The summed E-state index contributed by atoms with van der Waals surface area (Å²) in [5, 5.41) is 3.39. The predicted octanol–water partition coefficient (Wildman–Crippen LogP) is 4.80. The summed E-state index contributed by atoms with van der Waals surface area (Å²) in [4.78, 5) is 33.6. The Kier molecular flexibility index (Phi) is 7.74. The van der Waals surface area contributed by atoms with Crippen molar-refractivity contribution in [2.45, 2.75) is 26.0 Å². The Morgan fingerprint density at radius 3 is 2.56 bits per heavy atom. The zero-order valence-electron chi connectivity index (χ0n) is 23.2. The molecule has 2 aliphatic rings. The predicted molar refractivity (Wildman–Crippen MR) is 156 cm³/mol. The number of carbonyl (C=O) groups excluding carboxylic acids is 2. The van der Waals surface area contributed by atoms with Gasteiger partial charge in [0.1, 0.15) is 28.6 Å². The summed E-state index contributed by atoms with van der Waals surface area (Å²) in [6.07, 6.45) is -0.717. The Morgan fingerprint density at radius 2 is 1.81 bits per heavy atom. The number of pyridine rings is 1. The van der Waals surface area contributed by atoms with Crippen molar-refractivity contribution in [3.63, 3.8) is 0 Å². The number of aryl methyl sites for hydroxylation is 1. The number of carbonyl (C=O) groups is 2. The van der Waals surface area contributed by atoms with Crippen LogP contribution in [0.15, 0.2) is 42.5 Å². The van der Waals surface area contributed by atoms with Crippen LogP contribution in [-0.2, 0) is 17.8 Å². The van der Waals surface area contributed by atoms with E-state index in [0.717, 1.165) is 22.6 Å². The van der Waals surface area contributed by atoms with Crippen molar-refractivity contribution < 1.29 is 32.2 Å². The number of nitrogens with one attached hydrogen (secondary N) is 1. The van der Waals surface area contributed by atoms with E-state index in [9.17, 15) is 9.59 Å². The monoisotopic (exact) mass is 611 g/mol. The van der Waals surface area contributed by atoms with Crippen LogP contribution in [0, 0.1) is 24.4 Å². The molecule has 0 spiro atoms. The van der Waals surface area contributed by atoms with Gasteiger partial charge in [0, 0.05) is 49.2 Å². The maximum atomic E-state index is 15.6. The Labute approximate surface area is 249 Å². The summed E-state index contributed by atoms with van der Waals surface area (Å²) in [5.74, 6) is -4.49. The van der Waals surface area contributed by atoms with Crippen molar-refractivity contribution in [1.29, 1.82) is 0 Å². The SMILES string of the molecule is Cc1ccc2c(N)c(C(=O)N[C@H]3COc4c(F)c(N5CCN(C(=O)OCc6ccccc6)CC5)c(F)c(F)c4C3)sc2n1. The Bertz CT molecular complexity index is 1710. The summed E-state index contributed by atoms with van der Waals surface area (Å²) < 4.78 is 57.2. The molecule has 1 saturated heterocycles. The van der Waals surface area contributed by atoms with E-state index >= 15 is 13.2 Å². The smallest absolute Gasteiger partial charge is 0.410 e. The molecule has 4 aromatic rings. The molecule has 1 atom stereocenters. The molecule has 0 aliphatic carbocycles. The number of thiophene rings is 1. The molecule has 2 aliphatic heterocycles. The van der Waals surface area contributed by atoms with Gasteiger partial charge < -0.3 is 30.3 Å². The third kappa shape index (κ3) is 5.52. The number of rotatable bonds is 5.